The highest BCUT2D eigenvalue weighted by Gasteiger charge is 2.08. The molecule has 0 aliphatic rings. The van der Waals surface area contributed by atoms with Crippen LogP contribution < -0.4 is 0 Å². The van der Waals surface area contributed by atoms with E-state index < -0.39 is 0 Å². The highest BCUT2D eigenvalue weighted by Crippen LogP contribution is 2.24. The van der Waals surface area contributed by atoms with Gasteiger partial charge in [-0.05, 0) is 29.7 Å². The maximum atomic E-state index is 12.7. The summed E-state index contributed by atoms with van der Waals surface area (Å²) in [6.45, 7) is 0. The normalized spacial score (nSPS) is 12.4. The predicted molar refractivity (Wildman–Crippen MR) is 65.1 cm³/mol. The second-order valence-corrected chi connectivity index (χ2v) is 4.24. The van der Waals surface area contributed by atoms with Gasteiger partial charge in [-0.25, -0.2) is 4.39 Å². The second-order valence-electron chi connectivity index (χ2n) is 3.71. The quantitative estimate of drug-likeness (QED) is 0.693. The Kier molecular flexibility index (Phi) is 3.58. The van der Waals surface area contributed by atoms with Crippen molar-refractivity contribution in [3.63, 3.8) is 0 Å². The maximum Gasteiger partial charge on any atom is 0.123 e. The standard InChI is InChI=1S/C14H12ClF/c15-14(10-11-4-2-1-3-5-11)12-6-8-13(16)9-7-12/h1-9,14H,10H2. The van der Waals surface area contributed by atoms with Gasteiger partial charge in [-0.15, -0.1) is 11.6 Å². The molecule has 0 heterocycles. The van der Waals surface area contributed by atoms with Gasteiger partial charge in [0.2, 0.25) is 0 Å². The second kappa shape index (κ2) is 5.13. The van der Waals surface area contributed by atoms with Gasteiger partial charge in [-0.1, -0.05) is 42.5 Å². The molecule has 0 amide bonds. The minimum Gasteiger partial charge on any atom is -0.207 e. The highest BCUT2D eigenvalue weighted by atomic mass is 35.5. The molecule has 0 aliphatic heterocycles. The van der Waals surface area contributed by atoms with E-state index in [0.29, 0.717) is 0 Å². The molecular weight excluding hydrogens is 223 g/mol. The van der Waals surface area contributed by atoms with Crippen molar-refractivity contribution in [1.82, 2.24) is 0 Å². The summed E-state index contributed by atoms with van der Waals surface area (Å²) in [5.74, 6) is -0.229. The Morgan fingerprint density at radius 3 is 2.19 bits per heavy atom. The van der Waals surface area contributed by atoms with Crippen molar-refractivity contribution in [1.29, 1.82) is 0 Å². The molecule has 2 rings (SSSR count). The monoisotopic (exact) mass is 234 g/mol. The van der Waals surface area contributed by atoms with Gasteiger partial charge in [-0.2, -0.15) is 0 Å². The molecule has 0 spiro atoms. The van der Waals surface area contributed by atoms with Crippen molar-refractivity contribution in [3.05, 3.63) is 71.5 Å². The molecule has 1 atom stereocenters. The fraction of sp³-hybridized carbons (Fsp3) is 0.143. The summed E-state index contributed by atoms with van der Waals surface area (Å²) in [5, 5.41) is -0.108. The zero-order chi connectivity index (χ0) is 11.4. The maximum absolute atomic E-state index is 12.7. The van der Waals surface area contributed by atoms with Gasteiger partial charge in [-0.3, -0.25) is 0 Å². The van der Waals surface area contributed by atoms with Crippen LogP contribution >= 0.6 is 11.6 Å². The number of alkyl halides is 1. The summed E-state index contributed by atoms with van der Waals surface area (Å²) >= 11 is 6.27. The smallest absolute Gasteiger partial charge is 0.123 e. The number of halogens is 2. The van der Waals surface area contributed by atoms with Crippen molar-refractivity contribution in [2.75, 3.05) is 0 Å². The largest absolute Gasteiger partial charge is 0.207 e. The van der Waals surface area contributed by atoms with Crippen LogP contribution in [0.25, 0.3) is 0 Å². The van der Waals surface area contributed by atoms with Crippen LogP contribution in [0.3, 0.4) is 0 Å². The first-order valence-corrected chi connectivity index (χ1v) is 5.63. The van der Waals surface area contributed by atoms with Crippen LogP contribution in [0.4, 0.5) is 4.39 Å². The van der Waals surface area contributed by atoms with Crippen LogP contribution in [0.2, 0.25) is 0 Å². The van der Waals surface area contributed by atoms with Crippen LogP contribution in [0, 0.1) is 5.82 Å². The first-order chi connectivity index (χ1) is 7.75. The van der Waals surface area contributed by atoms with Crippen molar-refractivity contribution in [3.8, 4) is 0 Å². The molecule has 0 aliphatic carbocycles. The molecule has 2 heteroatoms. The van der Waals surface area contributed by atoms with Crippen LogP contribution in [-0.4, -0.2) is 0 Å². The summed E-state index contributed by atoms with van der Waals surface area (Å²) in [4.78, 5) is 0. The van der Waals surface area contributed by atoms with Crippen molar-refractivity contribution in [2.24, 2.45) is 0 Å². The molecule has 0 saturated heterocycles. The summed E-state index contributed by atoms with van der Waals surface area (Å²) in [6.07, 6.45) is 0.758. The minimum absolute atomic E-state index is 0.108. The van der Waals surface area contributed by atoms with Gasteiger partial charge in [0.05, 0.1) is 5.38 Å². The van der Waals surface area contributed by atoms with E-state index in [1.54, 1.807) is 12.1 Å². The van der Waals surface area contributed by atoms with Crippen LogP contribution in [0.15, 0.2) is 54.6 Å². The molecule has 0 bridgehead atoms. The number of rotatable bonds is 3. The summed E-state index contributed by atoms with van der Waals surface area (Å²) in [6, 6.07) is 16.4. The topological polar surface area (TPSA) is 0 Å². The van der Waals surface area contributed by atoms with Gasteiger partial charge in [0.25, 0.3) is 0 Å². The first kappa shape index (κ1) is 11.2. The molecule has 82 valence electrons. The fourth-order valence-electron chi connectivity index (χ4n) is 1.61. The zero-order valence-electron chi connectivity index (χ0n) is 8.74. The Hall–Kier alpha value is -1.34. The lowest BCUT2D eigenvalue weighted by atomic mass is 10.0. The molecule has 0 radical (unpaired) electrons. The minimum atomic E-state index is -0.229. The Balaban J connectivity index is 2.09. The number of hydrogen-bond acceptors (Lipinski definition) is 0. The van der Waals surface area contributed by atoms with E-state index >= 15 is 0 Å². The SMILES string of the molecule is Fc1ccc(C(Cl)Cc2ccccc2)cc1. The van der Waals surface area contributed by atoms with E-state index in [0.717, 1.165) is 12.0 Å². The molecule has 2 aromatic rings. The third kappa shape index (κ3) is 2.83. The van der Waals surface area contributed by atoms with Gasteiger partial charge in [0.1, 0.15) is 5.82 Å². The number of hydrogen-bond donors (Lipinski definition) is 0. The molecule has 0 aromatic heterocycles. The summed E-state index contributed by atoms with van der Waals surface area (Å²) in [7, 11) is 0. The molecule has 0 nitrogen and oxygen atoms in total. The van der Waals surface area contributed by atoms with E-state index in [-0.39, 0.29) is 11.2 Å². The molecule has 0 fully saturated rings. The lowest BCUT2D eigenvalue weighted by Crippen LogP contribution is -1.95. The van der Waals surface area contributed by atoms with Crippen molar-refractivity contribution in [2.45, 2.75) is 11.8 Å². The van der Waals surface area contributed by atoms with Gasteiger partial charge >= 0.3 is 0 Å². The lowest BCUT2D eigenvalue weighted by Gasteiger charge is -2.09. The summed E-state index contributed by atoms with van der Waals surface area (Å²) < 4.78 is 12.7. The third-order valence-electron chi connectivity index (χ3n) is 2.49. The van der Waals surface area contributed by atoms with E-state index in [4.69, 9.17) is 11.6 Å². The van der Waals surface area contributed by atoms with E-state index in [9.17, 15) is 4.39 Å². The molecule has 2 aromatic carbocycles. The van der Waals surface area contributed by atoms with E-state index in [1.807, 2.05) is 30.3 Å². The molecule has 0 N–H and O–H groups in total. The Morgan fingerprint density at radius 2 is 1.56 bits per heavy atom. The Labute approximate surface area is 99.7 Å². The first-order valence-electron chi connectivity index (χ1n) is 5.19. The number of benzene rings is 2. The van der Waals surface area contributed by atoms with Crippen molar-refractivity contribution < 1.29 is 4.39 Å². The van der Waals surface area contributed by atoms with E-state index in [1.165, 1.54) is 17.7 Å². The average Bonchev–Trinajstić information content (AvgIpc) is 2.31. The van der Waals surface area contributed by atoms with Gasteiger partial charge < -0.3 is 0 Å². The molecule has 1 unspecified atom stereocenters. The van der Waals surface area contributed by atoms with Crippen LogP contribution in [0.1, 0.15) is 16.5 Å². The fourth-order valence-corrected chi connectivity index (χ4v) is 1.93. The predicted octanol–water partition coefficient (Wildman–Crippen LogP) is 4.35. The van der Waals surface area contributed by atoms with Crippen molar-refractivity contribution >= 4 is 11.6 Å². The third-order valence-corrected chi connectivity index (χ3v) is 2.90. The highest BCUT2D eigenvalue weighted by molar-refractivity contribution is 6.20. The zero-order valence-corrected chi connectivity index (χ0v) is 9.49. The van der Waals surface area contributed by atoms with E-state index in [2.05, 4.69) is 0 Å². The Morgan fingerprint density at radius 1 is 0.938 bits per heavy atom. The lowest BCUT2D eigenvalue weighted by molar-refractivity contribution is 0.626. The molecule has 16 heavy (non-hydrogen) atoms. The average molecular weight is 235 g/mol. The van der Waals surface area contributed by atoms with Crippen LogP contribution in [0.5, 0.6) is 0 Å². The van der Waals surface area contributed by atoms with Gasteiger partial charge in [0.15, 0.2) is 0 Å². The Bertz CT molecular complexity index is 436. The molecule has 0 saturated carbocycles. The van der Waals surface area contributed by atoms with Crippen LogP contribution in [-0.2, 0) is 6.42 Å². The van der Waals surface area contributed by atoms with Gasteiger partial charge in [0, 0.05) is 0 Å². The molecular formula is C14H12ClF. The summed E-state index contributed by atoms with van der Waals surface area (Å²) in [5.41, 5.74) is 2.14.